The molecule has 142 valence electrons. The van der Waals surface area contributed by atoms with Crippen LogP contribution in [0.5, 0.6) is 0 Å². The lowest BCUT2D eigenvalue weighted by Crippen LogP contribution is -2.09. The molecule has 0 aliphatic carbocycles. The van der Waals surface area contributed by atoms with Crippen molar-refractivity contribution < 1.29 is 13.9 Å². The summed E-state index contributed by atoms with van der Waals surface area (Å²) in [6.07, 6.45) is 4.08. The number of nitrogens with zero attached hydrogens (tertiary/aromatic N) is 3. The summed E-state index contributed by atoms with van der Waals surface area (Å²) in [5.74, 6) is -0.0252. The second-order valence-corrected chi connectivity index (χ2v) is 6.84. The van der Waals surface area contributed by atoms with E-state index in [1.807, 2.05) is 16.8 Å². The van der Waals surface area contributed by atoms with E-state index in [1.165, 1.54) is 13.2 Å². The van der Waals surface area contributed by atoms with Gasteiger partial charge in [0.1, 0.15) is 17.7 Å². The van der Waals surface area contributed by atoms with E-state index in [0.29, 0.717) is 34.1 Å². The van der Waals surface area contributed by atoms with Crippen LogP contribution in [0.15, 0.2) is 59.9 Å². The van der Waals surface area contributed by atoms with Gasteiger partial charge in [-0.3, -0.25) is 9.79 Å². The number of carbonyl (C=O) groups excluding carboxylic acids is 1. The summed E-state index contributed by atoms with van der Waals surface area (Å²) < 4.78 is 21.3. The molecule has 0 saturated carbocycles. The second kappa shape index (κ2) is 7.56. The Bertz CT molecular complexity index is 1080. The van der Waals surface area contributed by atoms with Crippen LogP contribution in [0.25, 0.3) is 5.69 Å². The number of aliphatic imine (C=N–C) groups is 1. The van der Waals surface area contributed by atoms with Crippen molar-refractivity contribution in [2.24, 2.45) is 4.99 Å². The Hall–Kier alpha value is -2.99. The topological polar surface area (TPSA) is 56.5 Å². The first kappa shape index (κ1) is 18.4. The summed E-state index contributed by atoms with van der Waals surface area (Å²) in [7, 11) is 1.35. The minimum atomic E-state index is -0.435. The number of halogens is 2. The van der Waals surface area contributed by atoms with Crippen molar-refractivity contribution in [2.75, 3.05) is 7.11 Å². The van der Waals surface area contributed by atoms with Crippen molar-refractivity contribution >= 4 is 23.3 Å². The van der Waals surface area contributed by atoms with Crippen LogP contribution in [0.2, 0.25) is 5.02 Å². The SMILES string of the molecule is COC(=O)CC[C@@H]1N=C(c2ccccc2F)c2cc(Cl)ccc2-n2ccnc21. The quantitative estimate of drug-likeness (QED) is 0.608. The lowest BCUT2D eigenvalue weighted by atomic mass is 9.99. The predicted octanol–water partition coefficient (Wildman–Crippen LogP) is 4.51. The molecular formula is C21H17ClFN3O2. The van der Waals surface area contributed by atoms with E-state index < -0.39 is 6.04 Å². The number of imidazole rings is 1. The highest BCUT2D eigenvalue weighted by Gasteiger charge is 2.27. The van der Waals surface area contributed by atoms with Gasteiger partial charge in [0.15, 0.2) is 0 Å². The summed E-state index contributed by atoms with van der Waals surface area (Å²) in [5.41, 5.74) is 2.37. The number of ether oxygens (including phenoxy) is 1. The molecule has 2 heterocycles. The van der Waals surface area contributed by atoms with E-state index in [2.05, 4.69) is 4.98 Å². The molecule has 4 rings (SSSR count). The van der Waals surface area contributed by atoms with E-state index in [-0.39, 0.29) is 18.2 Å². The summed E-state index contributed by atoms with van der Waals surface area (Å²) in [6, 6.07) is 11.5. The van der Waals surface area contributed by atoms with Crippen molar-refractivity contribution in [3.05, 3.63) is 82.6 Å². The first-order chi connectivity index (χ1) is 13.6. The molecule has 0 saturated heterocycles. The summed E-state index contributed by atoms with van der Waals surface area (Å²) in [6.45, 7) is 0. The van der Waals surface area contributed by atoms with Crippen LogP contribution < -0.4 is 0 Å². The van der Waals surface area contributed by atoms with E-state index in [0.717, 1.165) is 5.69 Å². The fourth-order valence-electron chi connectivity index (χ4n) is 3.37. The highest BCUT2D eigenvalue weighted by Crippen LogP contribution is 2.34. The Balaban J connectivity index is 1.92. The first-order valence-electron chi connectivity index (χ1n) is 8.81. The zero-order valence-electron chi connectivity index (χ0n) is 15.1. The van der Waals surface area contributed by atoms with Gasteiger partial charge in [0, 0.05) is 35.0 Å². The van der Waals surface area contributed by atoms with Crippen LogP contribution in [0.1, 0.15) is 35.8 Å². The number of benzene rings is 2. The minimum absolute atomic E-state index is 0.180. The average molecular weight is 398 g/mol. The Morgan fingerprint density at radius 3 is 2.86 bits per heavy atom. The smallest absolute Gasteiger partial charge is 0.305 e. The van der Waals surface area contributed by atoms with Gasteiger partial charge in [-0.2, -0.15) is 0 Å². The standard InChI is InChI=1S/C21H17ClFN3O2/c1-28-19(27)9-7-17-21-24-10-11-26(21)18-8-6-13(22)12-15(18)20(25-17)14-4-2-3-5-16(14)23/h2-6,8,10-12,17H,7,9H2,1H3/t17-/m0/s1. The second-order valence-electron chi connectivity index (χ2n) is 6.41. The largest absolute Gasteiger partial charge is 0.469 e. The number of esters is 1. The lowest BCUT2D eigenvalue weighted by molar-refractivity contribution is -0.140. The fourth-order valence-corrected chi connectivity index (χ4v) is 3.55. The molecule has 0 radical (unpaired) electrons. The van der Waals surface area contributed by atoms with Gasteiger partial charge in [-0.1, -0.05) is 23.7 Å². The molecule has 3 aromatic rings. The average Bonchev–Trinajstić information content (AvgIpc) is 3.14. The minimum Gasteiger partial charge on any atom is -0.469 e. The monoisotopic (exact) mass is 397 g/mol. The summed E-state index contributed by atoms with van der Waals surface area (Å²) >= 11 is 6.25. The van der Waals surface area contributed by atoms with Gasteiger partial charge >= 0.3 is 5.97 Å². The first-order valence-corrected chi connectivity index (χ1v) is 9.19. The zero-order valence-corrected chi connectivity index (χ0v) is 15.9. The van der Waals surface area contributed by atoms with Gasteiger partial charge < -0.3 is 9.30 Å². The third-order valence-electron chi connectivity index (χ3n) is 4.70. The molecule has 1 atom stereocenters. The highest BCUT2D eigenvalue weighted by molar-refractivity contribution is 6.31. The molecule has 1 aliphatic rings. The van der Waals surface area contributed by atoms with Crippen molar-refractivity contribution in [3.8, 4) is 5.69 Å². The molecule has 0 bridgehead atoms. The third-order valence-corrected chi connectivity index (χ3v) is 4.94. The van der Waals surface area contributed by atoms with Gasteiger partial charge in [-0.25, -0.2) is 9.37 Å². The molecule has 0 N–H and O–H groups in total. The van der Waals surface area contributed by atoms with E-state index in [1.54, 1.807) is 36.5 Å². The molecule has 0 amide bonds. The van der Waals surface area contributed by atoms with Gasteiger partial charge in [-0.15, -0.1) is 0 Å². The molecule has 2 aromatic carbocycles. The van der Waals surface area contributed by atoms with Gasteiger partial charge in [-0.05, 0) is 36.8 Å². The van der Waals surface area contributed by atoms with Crippen LogP contribution in [0.4, 0.5) is 4.39 Å². The molecule has 28 heavy (non-hydrogen) atoms. The maximum absolute atomic E-state index is 14.6. The number of hydrogen-bond donors (Lipinski definition) is 0. The Morgan fingerprint density at radius 2 is 2.07 bits per heavy atom. The number of aromatic nitrogens is 2. The number of carbonyl (C=O) groups is 1. The van der Waals surface area contributed by atoms with Crippen molar-refractivity contribution in [2.45, 2.75) is 18.9 Å². The zero-order chi connectivity index (χ0) is 19.7. The predicted molar refractivity (Wildman–Crippen MR) is 105 cm³/mol. The molecule has 0 fully saturated rings. The normalized spacial score (nSPS) is 15.2. The Labute approximate surface area is 166 Å². The summed E-state index contributed by atoms with van der Waals surface area (Å²) in [5, 5.41) is 0.525. The number of methoxy groups -OCH3 is 1. The highest BCUT2D eigenvalue weighted by atomic mass is 35.5. The van der Waals surface area contributed by atoms with Crippen LogP contribution in [0, 0.1) is 5.82 Å². The van der Waals surface area contributed by atoms with Gasteiger partial charge in [0.25, 0.3) is 0 Å². The number of fused-ring (bicyclic) bond motifs is 3. The van der Waals surface area contributed by atoms with E-state index in [9.17, 15) is 9.18 Å². The summed E-state index contributed by atoms with van der Waals surface area (Å²) in [4.78, 5) is 21.0. The third kappa shape index (κ3) is 3.31. The molecule has 0 unspecified atom stereocenters. The van der Waals surface area contributed by atoms with Crippen molar-refractivity contribution in [1.82, 2.24) is 9.55 Å². The van der Waals surface area contributed by atoms with Crippen molar-refractivity contribution in [3.63, 3.8) is 0 Å². The Morgan fingerprint density at radius 1 is 1.25 bits per heavy atom. The molecular weight excluding hydrogens is 381 g/mol. The molecule has 5 nitrogen and oxygen atoms in total. The number of rotatable bonds is 4. The van der Waals surface area contributed by atoms with E-state index >= 15 is 0 Å². The van der Waals surface area contributed by atoms with Crippen LogP contribution >= 0.6 is 11.6 Å². The Kier molecular flexibility index (Phi) is 4.96. The lowest BCUT2D eigenvalue weighted by Gasteiger charge is -2.12. The van der Waals surface area contributed by atoms with Gasteiger partial charge in [0.05, 0.1) is 18.5 Å². The fraction of sp³-hybridized carbons (Fsp3) is 0.190. The number of hydrogen-bond acceptors (Lipinski definition) is 4. The van der Waals surface area contributed by atoms with Crippen molar-refractivity contribution in [1.29, 1.82) is 0 Å². The van der Waals surface area contributed by atoms with Crippen LogP contribution in [-0.4, -0.2) is 28.3 Å². The molecule has 0 spiro atoms. The molecule has 7 heteroatoms. The van der Waals surface area contributed by atoms with E-state index in [4.69, 9.17) is 21.3 Å². The van der Waals surface area contributed by atoms with Gasteiger partial charge in [0.2, 0.25) is 0 Å². The molecule has 1 aliphatic heterocycles. The van der Waals surface area contributed by atoms with Crippen LogP contribution in [0.3, 0.4) is 0 Å². The maximum Gasteiger partial charge on any atom is 0.305 e. The maximum atomic E-state index is 14.6. The van der Waals surface area contributed by atoms with Crippen LogP contribution in [-0.2, 0) is 9.53 Å². The molecule has 1 aromatic heterocycles.